The number of esters is 1. The third-order valence-electron chi connectivity index (χ3n) is 4.27. The zero-order valence-electron chi connectivity index (χ0n) is 13.2. The molecule has 0 fully saturated rings. The molecule has 0 spiro atoms. The second kappa shape index (κ2) is 4.91. The van der Waals surface area contributed by atoms with Gasteiger partial charge in [-0.15, -0.1) is 0 Å². The summed E-state index contributed by atoms with van der Waals surface area (Å²) < 4.78 is 5.16. The lowest BCUT2D eigenvalue weighted by Gasteiger charge is -2.32. The van der Waals surface area contributed by atoms with E-state index < -0.39 is 23.1 Å². The molecule has 0 bridgehead atoms. The molecule has 1 aromatic carbocycles. The summed E-state index contributed by atoms with van der Waals surface area (Å²) in [5, 5.41) is 24.7. The van der Waals surface area contributed by atoms with Gasteiger partial charge in [-0.25, -0.2) is 4.79 Å². The number of nitrogens with one attached hydrogen (secondary N) is 1. The minimum atomic E-state index is -2.38. The summed E-state index contributed by atoms with van der Waals surface area (Å²) in [5.41, 5.74) is -4.01. The van der Waals surface area contributed by atoms with Crippen LogP contribution in [0.4, 0.5) is 0 Å². The van der Waals surface area contributed by atoms with Gasteiger partial charge in [-0.05, 0) is 12.8 Å². The van der Waals surface area contributed by atoms with Gasteiger partial charge >= 0.3 is 5.97 Å². The Morgan fingerprint density at radius 2 is 1.96 bits per heavy atom. The van der Waals surface area contributed by atoms with Crippen molar-refractivity contribution in [1.82, 2.24) is 5.32 Å². The van der Waals surface area contributed by atoms with Crippen LogP contribution in [0.3, 0.4) is 0 Å². The Morgan fingerprint density at radius 1 is 1.30 bits per heavy atom. The van der Waals surface area contributed by atoms with Crippen LogP contribution in [0.2, 0.25) is 0 Å². The SMILES string of the molecule is CC1=C(C(=O)OCC(C)C)[C@]2(O)C(=O)c3ccccc3[C@]2(O)N1. The molecule has 0 unspecified atom stereocenters. The average Bonchev–Trinajstić information content (AvgIpc) is 2.80. The molecular formula is C17H19NO5. The van der Waals surface area contributed by atoms with Crippen LogP contribution in [0, 0.1) is 5.92 Å². The lowest BCUT2D eigenvalue weighted by Crippen LogP contribution is -2.56. The number of allylic oxidation sites excluding steroid dienone is 1. The zero-order valence-corrected chi connectivity index (χ0v) is 13.2. The molecule has 0 radical (unpaired) electrons. The minimum Gasteiger partial charge on any atom is -0.462 e. The van der Waals surface area contributed by atoms with E-state index in [1.165, 1.54) is 13.0 Å². The van der Waals surface area contributed by atoms with Gasteiger partial charge in [0.2, 0.25) is 17.1 Å². The molecular weight excluding hydrogens is 298 g/mol. The van der Waals surface area contributed by atoms with Crippen molar-refractivity contribution in [3.8, 4) is 0 Å². The molecule has 1 aliphatic heterocycles. The molecule has 23 heavy (non-hydrogen) atoms. The Hall–Kier alpha value is -2.18. The van der Waals surface area contributed by atoms with E-state index in [9.17, 15) is 19.8 Å². The summed E-state index contributed by atoms with van der Waals surface area (Å²) in [7, 11) is 0. The van der Waals surface area contributed by atoms with Crippen LogP contribution in [0.5, 0.6) is 0 Å². The number of fused-ring (bicyclic) bond motifs is 3. The van der Waals surface area contributed by atoms with Gasteiger partial charge in [-0.1, -0.05) is 38.1 Å². The maximum atomic E-state index is 12.7. The highest BCUT2D eigenvalue weighted by Crippen LogP contribution is 2.51. The van der Waals surface area contributed by atoms with Crippen LogP contribution in [0.25, 0.3) is 0 Å². The lowest BCUT2D eigenvalue weighted by molar-refractivity contribution is -0.147. The van der Waals surface area contributed by atoms with Crippen molar-refractivity contribution in [2.24, 2.45) is 5.92 Å². The van der Waals surface area contributed by atoms with E-state index in [1.807, 2.05) is 13.8 Å². The molecule has 0 amide bonds. The van der Waals surface area contributed by atoms with Crippen molar-refractivity contribution in [2.75, 3.05) is 6.61 Å². The summed E-state index contributed by atoms with van der Waals surface area (Å²) in [6.45, 7) is 5.44. The van der Waals surface area contributed by atoms with Crippen LogP contribution in [-0.2, 0) is 15.3 Å². The van der Waals surface area contributed by atoms with E-state index in [4.69, 9.17) is 4.74 Å². The number of carbonyl (C=O) groups excluding carboxylic acids is 2. The van der Waals surface area contributed by atoms with Crippen molar-refractivity contribution in [2.45, 2.75) is 32.1 Å². The summed E-state index contributed by atoms with van der Waals surface area (Å²) in [5.74, 6) is -1.40. The summed E-state index contributed by atoms with van der Waals surface area (Å²) in [4.78, 5) is 25.1. The maximum absolute atomic E-state index is 12.7. The van der Waals surface area contributed by atoms with Gasteiger partial charge in [0.1, 0.15) is 5.57 Å². The number of ether oxygens (including phenoxy) is 1. The Labute approximate surface area is 133 Å². The van der Waals surface area contributed by atoms with Gasteiger partial charge in [0.05, 0.1) is 6.61 Å². The monoisotopic (exact) mass is 317 g/mol. The first-order chi connectivity index (χ1) is 10.7. The van der Waals surface area contributed by atoms with Gasteiger partial charge in [0.15, 0.2) is 0 Å². The number of Topliss-reactive ketones (excluding diaryl/α,β-unsaturated/α-hetero) is 1. The predicted octanol–water partition coefficient (Wildman–Crippen LogP) is 0.835. The third kappa shape index (κ3) is 1.88. The number of hydrogen-bond acceptors (Lipinski definition) is 6. The molecule has 6 heteroatoms. The predicted molar refractivity (Wildman–Crippen MR) is 81.3 cm³/mol. The Balaban J connectivity index is 2.07. The second-order valence-electron chi connectivity index (χ2n) is 6.41. The van der Waals surface area contributed by atoms with Crippen molar-refractivity contribution in [1.29, 1.82) is 0 Å². The molecule has 1 aliphatic carbocycles. The standard InChI is InChI=1S/C17H19NO5/c1-9(2)8-23-15(20)13-10(3)18-17(22)12-7-5-4-6-11(12)14(19)16(13,17)21/h4-7,9,18,21-22H,8H2,1-3H3/t16-,17+/m0/s1. The lowest BCUT2D eigenvalue weighted by atomic mass is 9.85. The molecule has 1 heterocycles. The third-order valence-corrected chi connectivity index (χ3v) is 4.27. The molecule has 2 atom stereocenters. The largest absolute Gasteiger partial charge is 0.462 e. The minimum absolute atomic E-state index is 0.110. The fourth-order valence-corrected chi connectivity index (χ4v) is 3.22. The number of hydrogen-bond donors (Lipinski definition) is 3. The fourth-order valence-electron chi connectivity index (χ4n) is 3.22. The first-order valence-corrected chi connectivity index (χ1v) is 7.49. The highest BCUT2D eigenvalue weighted by molar-refractivity contribution is 6.16. The van der Waals surface area contributed by atoms with Crippen molar-refractivity contribution < 1.29 is 24.5 Å². The van der Waals surface area contributed by atoms with E-state index in [1.54, 1.807) is 18.2 Å². The molecule has 122 valence electrons. The Kier molecular flexibility index (Phi) is 3.35. The molecule has 2 aliphatic rings. The van der Waals surface area contributed by atoms with E-state index >= 15 is 0 Å². The van der Waals surface area contributed by atoms with Gasteiger partial charge < -0.3 is 20.3 Å². The van der Waals surface area contributed by atoms with Crippen LogP contribution in [0.15, 0.2) is 35.5 Å². The highest BCUT2D eigenvalue weighted by atomic mass is 16.5. The first-order valence-electron chi connectivity index (χ1n) is 7.49. The van der Waals surface area contributed by atoms with Crippen LogP contribution >= 0.6 is 0 Å². The van der Waals surface area contributed by atoms with Crippen molar-refractivity contribution in [3.63, 3.8) is 0 Å². The number of benzene rings is 1. The van der Waals surface area contributed by atoms with Crippen molar-refractivity contribution >= 4 is 11.8 Å². The van der Waals surface area contributed by atoms with Gasteiger partial charge in [0, 0.05) is 16.8 Å². The van der Waals surface area contributed by atoms with Crippen LogP contribution < -0.4 is 5.32 Å². The molecule has 0 aromatic heterocycles. The molecule has 0 saturated carbocycles. The topological polar surface area (TPSA) is 95.9 Å². The first kappa shape index (κ1) is 15.7. The van der Waals surface area contributed by atoms with E-state index in [0.717, 1.165) is 0 Å². The van der Waals surface area contributed by atoms with Crippen molar-refractivity contribution in [3.05, 3.63) is 46.7 Å². The smallest absolute Gasteiger partial charge is 0.339 e. The normalized spacial score (nSPS) is 28.7. The fraction of sp³-hybridized carbons (Fsp3) is 0.412. The van der Waals surface area contributed by atoms with Gasteiger partial charge in [0.25, 0.3) is 0 Å². The molecule has 6 nitrogen and oxygen atoms in total. The van der Waals surface area contributed by atoms with Crippen LogP contribution in [0.1, 0.15) is 36.7 Å². The van der Waals surface area contributed by atoms with Gasteiger partial charge in [-0.2, -0.15) is 0 Å². The summed E-state index contributed by atoms with van der Waals surface area (Å²) in [6.07, 6.45) is 0. The summed E-state index contributed by atoms with van der Waals surface area (Å²) in [6, 6.07) is 6.35. The molecule has 3 N–H and O–H groups in total. The molecule has 0 saturated heterocycles. The maximum Gasteiger partial charge on any atom is 0.339 e. The van der Waals surface area contributed by atoms with E-state index in [-0.39, 0.29) is 34.9 Å². The summed E-state index contributed by atoms with van der Waals surface area (Å²) >= 11 is 0. The number of ketones is 1. The highest BCUT2D eigenvalue weighted by Gasteiger charge is 2.70. The van der Waals surface area contributed by atoms with E-state index in [2.05, 4.69) is 5.32 Å². The number of rotatable bonds is 3. The average molecular weight is 317 g/mol. The van der Waals surface area contributed by atoms with Gasteiger partial charge in [-0.3, -0.25) is 4.79 Å². The van der Waals surface area contributed by atoms with Crippen LogP contribution in [-0.4, -0.2) is 34.2 Å². The number of aliphatic hydroxyl groups is 2. The quantitative estimate of drug-likeness (QED) is 0.715. The number of carbonyl (C=O) groups is 2. The molecule has 3 rings (SSSR count). The zero-order chi connectivity index (χ0) is 17.0. The molecule has 1 aromatic rings. The Morgan fingerprint density at radius 3 is 2.61 bits per heavy atom. The van der Waals surface area contributed by atoms with E-state index in [0.29, 0.717) is 0 Å². The second-order valence-corrected chi connectivity index (χ2v) is 6.41. The Bertz CT molecular complexity index is 738.